The summed E-state index contributed by atoms with van der Waals surface area (Å²) in [6.07, 6.45) is 3.00. The fraction of sp³-hybridized carbons (Fsp3) is 0.706. The van der Waals surface area contributed by atoms with Gasteiger partial charge in [0.25, 0.3) is 0 Å². The first-order valence-electron chi connectivity index (χ1n) is 7.90. The zero-order valence-electron chi connectivity index (χ0n) is 14.0. The number of piperazine rings is 1. The number of methoxy groups -OCH3 is 1. The average molecular weight is 291 g/mol. The van der Waals surface area contributed by atoms with Crippen LogP contribution in [-0.2, 0) is 6.54 Å². The molecule has 0 radical (unpaired) electrons. The van der Waals surface area contributed by atoms with Crippen molar-refractivity contribution in [2.45, 2.75) is 52.7 Å². The maximum absolute atomic E-state index is 5.23. The summed E-state index contributed by atoms with van der Waals surface area (Å²) in [4.78, 5) is 6.79. The molecular weight excluding hydrogens is 262 g/mol. The Hall–Kier alpha value is -1.13. The van der Waals surface area contributed by atoms with Crippen LogP contribution in [0.3, 0.4) is 0 Å². The van der Waals surface area contributed by atoms with E-state index < -0.39 is 0 Å². The fourth-order valence-electron chi connectivity index (χ4n) is 2.93. The molecule has 4 heteroatoms. The number of aromatic nitrogens is 1. The molecule has 0 spiro atoms. The van der Waals surface area contributed by atoms with E-state index in [9.17, 15) is 0 Å². The van der Waals surface area contributed by atoms with Gasteiger partial charge in [0.2, 0.25) is 5.88 Å². The average Bonchev–Trinajstić information content (AvgIpc) is 2.46. The summed E-state index contributed by atoms with van der Waals surface area (Å²) in [6, 6.07) is 5.26. The highest BCUT2D eigenvalue weighted by molar-refractivity contribution is 5.20. The van der Waals surface area contributed by atoms with Crippen LogP contribution in [0.4, 0.5) is 0 Å². The van der Waals surface area contributed by atoms with E-state index >= 15 is 0 Å². The van der Waals surface area contributed by atoms with Crippen LogP contribution in [0.25, 0.3) is 0 Å². The van der Waals surface area contributed by atoms with Gasteiger partial charge in [-0.05, 0) is 23.5 Å². The van der Waals surface area contributed by atoms with Crippen molar-refractivity contribution in [3.63, 3.8) is 0 Å². The van der Waals surface area contributed by atoms with Crippen molar-refractivity contribution < 1.29 is 4.74 Å². The normalized spacial score (nSPS) is 24.0. The topological polar surface area (TPSA) is 37.4 Å². The van der Waals surface area contributed by atoms with Gasteiger partial charge >= 0.3 is 0 Å². The molecule has 2 unspecified atom stereocenters. The van der Waals surface area contributed by atoms with Gasteiger partial charge in [0.05, 0.1) is 7.11 Å². The molecule has 4 nitrogen and oxygen atoms in total. The van der Waals surface area contributed by atoms with Crippen LogP contribution in [0, 0.1) is 5.41 Å². The SMILES string of the molecule is CCC1CNC(C(C)(C)C)CN1Cc1ccnc(OC)c1. The minimum absolute atomic E-state index is 0.285. The second-order valence-electron chi connectivity index (χ2n) is 7.02. The van der Waals surface area contributed by atoms with E-state index in [2.05, 4.69) is 49.0 Å². The van der Waals surface area contributed by atoms with Crippen LogP contribution in [0.15, 0.2) is 18.3 Å². The summed E-state index contributed by atoms with van der Waals surface area (Å²) in [6.45, 7) is 12.3. The van der Waals surface area contributed by atoms with Crippen molar-refractivity contribution in [2.75, 3.05) is 20.2 Å². The zero-order chi connectivity index (χ0) is 15.5. The smallest absolute Gasteiger partial charge is 0.213 e. The molecule has 0 aromatic carbocycles. The maximum Gasteiger partial charge on any atom is 0.213 e. The lowest BCUT2D eigenvalue weighted by molar-refractivity contribution is 0.0774. The second-order valence-corrected chi connectivity index (χ2v) is 7.02. The van der Waals surface area contributed by atoms with Crippen molar-refractivity contribution >= 4 is 0 Å². The van der Waals surface area contributed by atoms with Gasteiger partial charge in [0.1, 0.15) is 0 Å². The predicted octanol–water partition coefficient (Wildman–Crippen LogP) is 2.69. The molecule has 1 aliphatic rings. The first kappa shape index (κ1) is 16.2. The number of ether oxygens (including phenoxy) is 1. The van der Waals surface area contributed by atoms with Crippen LogP contribution >= 0.6 is 0 Å². The van der Waals surface area contributed by atoms with Crippen LogP contribution in [-0.4, -0.2) is 42.2 Å². The van der Waals surface area contributed by atoms with Crippen LogP contribution in [0.5, 0.6) is 5.88 Å². The summed E-state index contributed by atoms with van der Waals surface area (Å²) in [7, 11) is 1.67. The third-order valence-electron chi connectivity index (χ3n) is 4.44. The molecule has 1 aromatic rings. The van der Waals surface area contributed by atoms with E-state index in [0.29, 0.717) is 18.0 Å². The molecule has 0 bridgehead atoms. The van der Waals surface area contributed by atoms with Gasteiger partial charge < -0.3 is 10.1 Å². The lowest BCUT2D eigenvalue weighted by Gasteiger charge is -2.45. The second kappa shape index (κ2) is 6.75. The quantitative estimate of drug-likeness (QED) is 0.925. The highest BCUT2D eigenvalue weighted by Gasteiger charge is 2.33. The van der Waals surface area contributed by atoms with Gasteiger partial charge in [-0.2, -0.15) is 0 Å². The predicted molar refractivity (Wildman–Crippen MR) is 86.5 cm³/mol. The molecule has 0 saturated carbocycles. The third-order valence-corrected chi connectivity index (χ3v) is 4.44. The van der Waals surface area contributed by atoms with Gasteiger partial charge in [0.15, 0.2) is 0 Å². The Bertz CT molecular complexity index is 456. The van der Waals surface area contributed by atoms with Crippen molar-refractivity contribution in [3.8, 4) is 5.88 Å². The highest BCUT2D eigenvalue weighted by atomic mass is 16.5. The molecule has 1 saturated heterocycles. The summed E-state index contributed by atoms with van der Waals surface area (Å²) >= 11 is 0. The van der Waals surface area contributed by atoms with Crippen molar-refractivity contribution in [1.82, 2.24) is 15.2 Å². The number of pyridine rings is 1. The van der Waals surface area contributed by atoms with Crippen LogP contribution in [0.1, 0.15) is 39.7 Å². The molecule has 1 fully saturated rings. The molecule has 1 aromatic heterocycles. The molecule has 2 atom stereocenters. The largest absolute Gasteiger partial charge is 0.481 e. The Kier molecular flexibility index (Phi) is 5.22. The van der Waals surface area contributed by atoms with Gasteiger partial charge in [-0.25, -0.2) is 4.98 Å². The fourth-order valence-corrected chi connectivity index (χ4v) is 2.93. The van der Waals surface area contributed by atoms with Crippen LogP contribution < -0.4 is 10.1 Å². The molecule has 2 heterocycles. The Morgan fingerprint density at radius 2 is 2.19 bits per heavy atom. The highest BCUT2D eigenvalue weighted by Crippen LogP contribution is 2.25. The van der Waals surface area contributed by atoms with Gasteiger partial charge in [-0.15, -0.1) is 0 Å². The third kappa shape index (κ3) is 4.17. The maximum atomic E-state index is 5.23. The van der Waals surface area contributed by atoms with E-state index in [-0.39, 0.29) is 5.41 Å². The van der Waals surface area contributed by atoms with Crippen molar-refractivity contribution in [1.29, 1.82) is 0 Å². The Morgan fingerprint density at radius 3 is 2.81 bits per heavy atom. The molecular formula is C17H29N3O. The first-order chi connectivity index (χ1) is 9.94. The number of hydrogen-bond acceptors (Lipinski definition) is 4. The molecule has 1 aliphatic heterocycles. The molecule has 0 amide bonds. The zero-order valence-corrected chi connectivity index (χ0v) is 14.0. The molecule has 0 aliphatic carbocycles. The summed E-state index contributed by atoms with van der Waals surface area (Å²) in [5, 5.41) is 3.72. The Balaban J connectivity index is 2.10. The van der Waals surface area contributed by atoms with Crippen molar-refractivity contribution in [3.05, 3.63) is 23.9 Å². The molecule has 2 rings (SSSR count). The van der Waals surface area contributed by atoms with E-state index in [1.54, 1.807) is 7.11 Å². The number of nitrogens with zero attached hydrogens (tertiary/aromatic N) is 2. The summed E-state index contributed by atoms with van der Waals surface area (Å²) in [5.41, 5.74) is 1.56. The van der Waals surface area contributed by atoms with E-state index in [0.717, 1.165) is 19.6 Å². The molecule has 118 valence electrons. The van der Waals surface area contributed by atoms with E-state index in [1.165, 1.54) is 12.0 Å². The Morgan fingerprint density at radius 1 is 1.43 bits per heavy atom. The number of hydrogen-bond donors (Lipinski definition) is 1. The minimum Gasteiger partial charge on any atom is -0.481 e. The van der Waals surface area contributed by atoms with Gasteiger partial charge in [-0.3, -0.25) is 4.90 Å². The Labute approximate surface area is 128 Å². The summed E-state index contributed by atoms with van der Waals surface area (Å²) < 4.78 is 5.23. The number of nitrogens with one attached hydrogen (secondary N) is 1. The van der Waals surface area contributed by atoms with E-state index in [1.807, 2.05) is 12.3 Å². The lowest BCUT2D eigenvalue weighted by atomic mass is 9.84. The van der Waals surface area contributed by atoms with E-state index in [4.69, 9.17) is 4.74 Å². The lowest BCUT2D eigenvalue weighted by Crippen LogP contribution is -2.59. The van der Waals surface area contributed by atoms with Crippen molar-refractivity contribution in [2.24, 2.45) is 5.41 Å². The standard InChI is InChI=1S/C17H29N3O/c1-6-14-10-19-15(17(2,3)4)12-20(14)11-13-7-8-18-16(9-13)21-5/h7-9,14-15,19H,6,10-12H2,1-5H3. The number of rotatable bonds is 4. The van der Waals surface area contributed by atoms with Gasteiger partial charge in [-0.1, -0.05) is 27.7 Å². The monoisotopic (exact) mass is 291 g/mol. The summed E-state index contributed by atoms with van der Waals surface area (Å²) in [5.74, 6) is 0.697. The minimum atomic E-state index is 0.285. The molecule has 21 heavy (non-hydrogen) atoms. The van der Waals surface area contributed by atoms with Crippen LogP contribution in [0.2, 0.25) is 0 Å². The molecule has 1 N–H and O–H groups in total. The first-order valence-corrected chi connectivity index (χ1v) is 7.90. The van der Waals surface area contributed by atoms with Gasteiger partial charge in [0, 0.05) is 44.0 Å².